The van der Waals surface area contributed by atoms with Gasteiger partial charge < -0.3 is 5.32 Å². The average Bonchev–Trinajstić information content (AvgIpc) is 2.99. The molecule has 5 nitrogen and oxygen atoms in total. The normalized spacial score (nSPS) is 11.4. The molecular weight excluding hydrogens is 304 g/mol. The van der Waals surface area contributed by atoms with E-state index in [1.54, 1.807) is 12.1 Å². The van der Waals surface area contributed by atoms with Gasteiger partial charge in [0.1, 0.15) is 4.21 Å². The number of hydrogen-bond acceptors (Lipinski definition) is 5. The molecule has 2 aromatic heterocycles. The first-order valence-corrected chi connectivity index (χ1v) is 8.64. The molecule has 0 saturated heterocycles. The van der Waals surface area contributed by atoms with Crippen LogP contribution in [0.5, 0.6) is 0 Å². The Balaban J connectivity index is 1.86. The quantitative estimate of drug-likeness (QED) is 0.874. The highest BCUT2D eigenvalue weighted by atomic mass is 32.2. The summed E-state index contributed by atoms with van der Waals surface area (Å²) in [5.41, 5.74) is 0. The largest absolute Gasteiger partial charge is 0.351 e. The Hall–Kier alpha value is -1.22. The lowest BCUT2D eigenvalue weighted by Gasteiger charge is -2.01. The van der Waals surface area contributed by atoms with Crippen molar-refractivity contribution in [3.05, 3.63) is 39.4 Å². The Morgan fingerprint density at radius 1 is 1.32 bits per heavy atom. The molecule has 0 aliphatic heterocycles. The van der Waals surface area contributed by atoms with Gasteiger partial charge in [-0.05, 0) is 30.0 Å². The third-order valence-electron chi connectivity index (χ3n) is 2.32. The van der Waals surface area contributed by atoms with Crippen molar-refractivity contribution >= 4 is 38.6 Å². The Morgan fingerprint density at radius 3 is 2.68 bits per heavy atom. The number of sulfonamides is 1. The Labute approximate surface area is 119 Å². The summed E-state index contributed by atoms with van der Waals surface area (Å²) in [6.45, 7) is 0.460. The van der Waals surface area contributed by atoms with Gasteiger partial charge in [-0.1, -0.05) is 6.07 Å². The van der Waals surface area contributed by atoms with Gasteiger partial charge in [0, 0.05) is 11.4 Å². The zero-order valence-corrected chi connectivity index (χ0v) is 12.3. The second-order valence-electron chi connectivity index (χ2n) is 3.75. The van der Waals surface area contributed by atoms with E-state index in [2.05, 4.69) is 5.32 Å². The summed E-state index contributed by atoms with van der Waals surface area (Å²) in [4.78, 5) is 13.2. The number of primary sulfonamides is 1. The molecule has 3 N–H and O–H groups in total. The summed E-state index contributed by atoms with van der Waals surface area (Å²) in [5, 5.41) is 9.64. The van der Waals surface area contributed by atoms with Gasteiger partial charge in [-0.2, -0.15) is 0 Å². The van der Waals surface area contributed by atoms with E-state index < -0.39 is 10.0 Å². The van der Waals surface area contributed by atoms with Crippen LogP contribution in [0.3, 0.4) is 0 Å². The minimum absolute atomic E-state index is 0.113. The summed E-state index contributed by atoms with van der Waals surface area (Å²) in [6.07, 6.45) is 0.581. The molecule has 2 aromatic rings. The fraction of sp³-hybridized carbons (Fsp3) is 0.182. The molecule has 0 aromatic carbocycles. The van der Waals surface area contributed by atoms with Crippen LogP contribution in [0.1, 0.15) is 14.5 Å². The van der Waals surface area contributed by atoms with Crippen LogP contribution in [0.25, 0.3) is 0 Å². The number of amides is 1. The number of hydrogen-bond donors (Lipinski definition) is 2. The molecule has 0 aliphatic carbocycles. The molecular formula is C11H12N2O3S3. The first-order chi connectivity index (χ1) is 8.97. The monoisotopic (exact) mass is 316 g/mol. The van der Waals surface area contributed by atoms with E-state index in [0.717, 1.165) is 16.2 Å². The number of carbonyl (C=O) groups excluding carboxylic acids is 1. The summed E-state index contributed by atoms with van der Waals surface area (Å²) in [6, 6.07) is 6.76. The number of nitrogens with two attached hydrogens (primary N) is 1. The van der Waals surface area contributed by atoms with Gasteiger partial charge >= 0.3 is 0 Å². The van der Waals surface area contributed by atoms with Crippen molar-refractivity contribution in [3.8, 4) is 0 Å². The van der Waals surface area contributed by atoms with Crippen LogP contribution >= 0.6 is 22.7 Å². The van der Waals surface area contributed by atoms with Crippen molar-refractivity contribution in [3.63, 3.8) is 0 Å². The summed E-state index contributed by atoms with van der Waals surface area (Å²) in [5.74, 6) is -0.113. The van der Waals surface area contributed by atoms with Gasteiger partial charge in [0.25, 0.3) is 5.91 Å². The third-order valence-corrected chi connectivity index (χ3v) is 5.77. The predicted molar refractivity (Wildman–Crippen MR) is 76.0 cm³/mol. The molecule has 1 amide bonds. The van der Waals surface area contributed by atoms with Gasteiger partial charge in [-0.3, -0.25) is 4.79 Å². The molecule has 0 saturated carbocycles. The zero-order chi connectivity index (χ0) is 13.9. The van der Waals surface area contributed by atoms with Gasteiger partial charge in [0.15, 0.2) is 0 Å². The molecule has 0 spiro atoms. The molecule has 0 radical (unpaired) electrons. The number of carbonyl (C=O) groups is 1. The highest BCUT2D eigenvalue weighted by molar-refractivity contribution is 7.91. The molecule has 19 heavy (non-hydrogen) atoms. The van der Waals surface area contributed by atoms with Crippen LogP contribution in [0.15, 0.2) is 33.9 Å². The topological polar surface area (TPSA) is 89.3 Å². The lowest BCUT2D eigenvalue weighted by Crippen LogP contribution is -2.24. The zero-order valence-electron chi connectivity index (χ0n) is 9.83. The summed E-state index contributed by atoms with van der Waals surface area (Å²) >= 11 is 2.51. The molecule has 102 valence electrons. The molecule has 2 rings (SSSR count). The Kier molecular flexibility index (Phi) is 4.35. The predicted octanol–water partition coefficient (Wildman–Crippen LogP) is 1.43. The summed E-state index contributed by atoms with van der Waals surface area (Å²) in [7, 11) is -3.63. The van der Waals surface area contributed by atoms with Gasteiger partial charge in [-0.15, -0.1) is 22.7 Å². The molecule has 0 unspecified atom stereocenters. The smallest absolute Gasteiger partial charge is 0.261 e. The van der Waals surface area contributed by atoms with E-state index in [0.29, 0.717) is 17.8 Å². The summed E-state index contributed by atoms with van der Waals surface area (Å²) < 4.78 is 22.4. The van der Waals surface area contributed by atoms with Gasteiger partial charge in [-0.25, -0.2) is 13.6 Å². The van der Waals surface area contributed by atoms with Crippen LogP contribution < -0.4 is 10.5 Å². The number of rotatable bonds is 5. The lowest BCUT2D eigenvalue weighted by atomic mass is 10.3. The minimum atomic E-state index is -3.63. The maximum absolute atomic E-state index is 11.6. The van der Waals surface area contributed by atoms with E-state index in [-0.39, 0.29) is 10.1 Å². The maximum Gasteiger partial charge on any atom is 0.261 e. The molecule has 2 heterocycles. The molecule has 8 heteroatoms. The molecule has 0 fully saturated rings. The first kappa shape index (κ1) is 14.2. The van der Waals surface area contributed by atoms with E-state index in [1.807, 2.05) is 11.4 Å². The number of nitrogens with one attached hydrogen (secondary N) is 1. The Morgan fingerprint density at radius 2 is 2.11 bits per heavy atom. The second-order valence-corrected chi connectivity index (χ2v) is 7.65. The SMILES string of the molecule is NS(=O)(=O)c1ccc(CCNC(=O)c2cccs2)s1. The lowest BCUT2D eigenvalue weighted by molar-refractivity contribution is 0.0958. The van der Waals surface area contributed by atoms with E-state index in [1.165, 1.54) is 17.4 Å². The Bertz CT molecular complexity index is 659. The highest BCUT2D eigenvalue weighted by Crippen LogP contribution is 2.20. The second kappa shape index (κ2) is 5.83. The van der Waals surface area contributed by atoms with E-state index in [9.17, 15) is 13.2 Å². The molecule has 0 aliphatic rings. The fourth-order valence-corrected chi connectivity index (χ4v) is 3.86. The fourth-order valence-electron chi connectivity index (χ4n) is 1.44. The van der Waals surface area contributed by atoms with Gasteiger partial charge in [0.2, 0.25) is 10.0 Å². The van der Waals surface area contributed by atoms with Crippen LogP contribution in [0.4, 0.5) is 0 Å². The van der Waals surface area contributed by atoms with Crippen molar-refractivity contribution in [2.45, 2.75) is 10.6 Å². The van der Waals surface area contributed by atoms with Crippen LogP contribution in [-0.4, -0.2) is 20.9 Å². The van der Waals surface area contributed by atoms with Crippen molar-refractivity contribution < 1.29 is 13.2 Å². The van der Waals surface area contributed by atoms with E-state index in [4.69, 9.17) is 5.14 Å². The molecule has 0 bridgehead atoms. The molecule has 0 atom stereocenters. The number of thiophene rings is 2. The standard InChI is InChI=1S/C11H12N2O3S3/c12-19(15,16)10-4-3-8(18-10)5-6-13-11(14)9-2-1-7-17-9/h1-4,7H,5-6H2,(H,13,14)(H2,12,15,16). The van der Waals surface area contributed by atoms with Gasteiger partial charge in [0.05, 0.1) is 4.88 Å². The average molecular weight is 316 g/mol. The van der Waals surface area contributed by atoms with Crippen molar-refractivity contribution in [2.75, 3.05) is 6.54 Å². The van der Waals surface area contributed by atoms with Crippen LogP contribution in [-0.2, 0) is 16.4 Å². The highest BCUT2D eigenvalue weighted by Gasteiger charge is 2.11. The maximum atomic E-state index is 11.6. The first-order valence-electron chi connectivity index (χ1n) is 5.40. The van der Waals surface area contributed by atoms with Crippen LogP contribution in [0.2, 0.25) is 0 Å². The van der Waals surface area contributed by atoms with Crippen molar-refractivity contribution in [2.24, 2.45) is 5.14 Å². The minimum Gasteiger partial charge on any atom is -0.351 e. The third kappa shape index (κ3) is 3.87. The van der Waals surface area contributed by atoms with Crippen molar-refractivity contribution in [1.29, 1.82) is 0 Å². The van der Waals surface area contributed by atoms with E-state index >= 15 is 0 Å². The van der Waals surface area contributed by atoms with Crippen LogP contribution in [0, 0.1) is 0 Å². The van der Waals surface area contributed by atoms with Crippen molar-refractivity contribution in [1.82, 2.24) is 5.32 Å².